The number of rotatable bonds is 4. The number of carbonyl (C=O) groups is 1. The number of aryl methyl sites for hydroxylation is 1. The van der Waals surface area contributed by atoms with Crippen LogP contribution in [0.4, 0.5) is 5.69 Å². The average Bonchev–Trinajstić information content (AvgIpc) is 3.34. The number of pyridine rings is 1. The van der Waals surface area contributed by atoms with E-state index in [-0.39, 0.29) is 10.5 Å². The lowest BCUT2D eigenvalue weighted by atomic mass is 10.2. The molecule has 3 aromatic heterocycles. The van der Waals surface area contributed by atoms with Crippen molar-refractivity contribution < 1.29 is 13.2 Å². The number of sulfonamides is 1. The zero-order valence-electron chi connectivity index (χ0n) is 14.2. The van der Waals surface area contributed by atoms with Gasteiger partial charge in [-0.05, 0) is 25.0 Å². The van der Waals surface area contributed by atoms with Crippen LogP contribution >= 0.6 is 0 Å². The molecule has 26 heavy (non-hydrogen) atoms. The number of hydrogen-bond donors (Lipinski definition) is 1. The van der Waals surface area contributed by atoms with Crippen LogP contribution in [0, 0.1) is 0 Å². The highest BCUT2D eigenvalue weighted by Crippen LogP contribution is 2.23. The summed E-state index contributed by atoms with van der Waals surface area (Å²) >= 11 is 0. The van der Waals surface area contributed by atoms with Gasteiger partial charge in [0.15, 0.2) is 0 Å². The van der Waals surface area contributed by atoms with Crippen LogP contribution in [0.5, 0.6) is 0 Å². The Kier molecular flexibility index (Phi) is 3.91. The molecule has 10 heteroatoms. The molecule has 0 unspecified atom stereocenters. The van der Waals surface area contributed by atoms with Gasteiger partial charge in [-0.15, -0.1) is 0 Å². The van der Waals surface area contributed by atoms with E-state index in [0.717, 1.165) is 31.6 Å². The van der Waals surface area contributed by atoms with E-state index in [4.69, 9.17) is 0 Å². The lowest BCUT2D eigenvalue weighted by Crippen LogP contribution is -2.30. The summed E-state index contributed by atoms with van der Waals surface area (Å²) in [5.74, 6) is -0.720. The van der Waals surface area contributed by atoms with E-state index >= 15 is 0 Å². The standard InChI is InChI=1S/C16H18N6O3S/c1-20-11-13(9-17-20)26(24,25)19-16(23)14-10-18-22-7-4-12(8-15(14)22)21-5-2-3-6-21/h4,7-11H,2-3,5-6H2,1H3,(H,19,23). The van der Waals surface area contributed by atoms with Crippen LogP contribution in [-0.2, 0) is 17.1 Å². The van der Waals surface area contributed by atoms with E-state index < -0.39 is 15.9 Å². The van der Waals surface area contributed by atoms with Crippen molar-refractivity contribution in [2.75, 3.05) is 18.0 Å². The van der Waals surface area contributed by atoms with Crippen molar-refractivity contribution in [1.82, 2.24) is 24.1 Å². The smallest absolute Gasteiger partial charge is 0.268 e. The number of nitrogens with one attached hydrogen (secondary N) is 1. The summed E-state index contributed by atoms with van der Waals surface area (Å²) < 4.78 is 29.7. The Labute approximate surface area is 150 Å². The zero-order chi connectivity index (χ0) is 18.3. The molecule has 1 saturated heterocycles. The van der Waals surface area contributed by atoms with Gasteiger partial charge in [-0.1, -0.05) is 0 Å². The molecule has 0 radical (unpaired) electrons. The van der Waals surface area contributed by atoms with Crippen molar-refractivity contribution in [3.63, 3.8) is 0 Å². The highest BCUT2D eigenvalue weighted by atomic mass is 32.2. The van der Waals surface area contributed by atoms with Gasteiger partial charge in [0.2, 0.25) is 0 Å². The predicted molar refractivity (Wildman–Crippen MR) is 94.5 cm³/mol. The molecule has 1 N–H and O–H groups in total. The van der Waals surface area contributed by atoms with Crippen LogP contribution in [0.1, 0.15) is 23.2 Å². The van der Waals surface area contributed by atoms with Crippen molar-refractivity contribution in [2.24, 2.45) is 7.05 Å². The van der Waals surface area contributed by atoms with Crippen LogP contribution in [0.25, 0.3) is 5.52 Å². The minimum Gasteiger partial charge on any atom is -0.371 e. The third-order valence-corrected chi connectivity index (χ3v) is 5.73. The fraction of sp³-hybridized carbons (Fsp3) is 0.312. The molecular formula is C16H18N6O3S. The van der Waals surface area contributed by atoms with Crippen molar-refractivity contribution >= 4 is 27.1 Å². The Balaban J connectivity index is 1.65. The Bertz CT molecular complexity index is 1080. The summed E-state index contributed by atoms with van der Waals surface area (Å²) in [6.07, 6.45) is 7.95. The van der Waals surface area contributed by atoms with Gasteiger partial charge in [0.05, 0.1) is 23.5 Å². The summed E-state index contributed by atoms with van der Waals surface area (Å²) in [5.41, 5.74) is 1.77. The predicted octanol–water partition coefficient (Wildman–Crippen LogP) is 0.787. The van der Waals surface area contributed by atoms with Gasteiger partial charge in [0.25, 0.3) is 15.9 Å². The Hall–Kier alpha value is -2.88. The summed E-state index contributed by atoms with van der Waals surface area (Å²) in [5, 5.41) is 7.96. The maximum Gasteiger partial charge on any atom is 0.268 e. The molecule has 4 rings (SSSR count). The molecule has 1 amide bonds. The second-order valence-corrected chi connectivity index (χ2v) is 7.93. The summed E-state index contributed by atoms with van der Waals surface area (Å²) in [7, 11) is -2.39. The fourth-order valence-electron chi connectivity index (χ4n) is 3.09. The molecule has 0 bridgehead atoms. The Morgan fingerprint density at radius 3 is 2.65 bits per heavy atom. The first kappa shape index (κ1) is 16.6. The number of fused-ring (bicyclic) bond motifs is 1. The maximum absolute atomic E-state index is 12.6. The molecule has 9 nitrogen and oxygen atoms in total. The fourth-order valence-corrected chi connectivity index (χ4v) is 4.04. The molecule has 1 aliphatic heterocycles. The maximum atomic E-state index is 12.6. The number of anilines is 1. The van der Waals surface area contributed by atoms with Gasteiger partial charge in [0, 0.05) is 38.2 Å². The van der Waals surface area contributed by atoms with Crippen molar-refractivity contribution in [2.45, 2.75) is 17.7 Å². The van der Waals surface area contributed by atoms with Gasteiger partial charge in [0.1, 0.15) is 4.90 Å². The van der Waals surface area contributed by atoms with E-state index in [1.807, 2.05) is 12.1 Å². The van der Waals surface area contributed by atoms with E-state index in [0.29, 0.717) is 5.52 Å². The molecule has 136 valence electrons. The van der Waals surface area contributed by atoms with E-state index in [9.17, 15) is 13.2 Å². The third kappa shape index (κ3) is 2.92. The number of aromatic nitrogens is 4. The van der Waals surface area contributed by atoms with Crippen molar-refractivity contribution in [1.29, 1.82) is 0 Å². The molecule has 0 saturated carbocycles. The molecule has 0 spiro atoms. The monoisotopic (exact) mass is 374 g/mol. The SMILES string of the molecule is Cn1cc(S(=O)(=O)NC(=O)c2cnn3ccc(N4CCCC4)cc23)cn1. The number of hydrogen-bond acceptors (Lipinski definition) is 6. The summed E-state index contributed by atoms with van der Waals surface area (Å²) in [4.78, 5) is 14.7. The quantitative estimate of drug-likeness (QED) is 0.724. The largest absolute Gasteiger partial charge is 0.371 e. The zero-order valence-corrected chi connectivity index (χ0v) is 15.0. The topological polar surface area (TPSA) is 102 Å². The van der Waals surface area contributed by atoms with E-state index in [2.05, 4.69) is 19.8 Å². The first-order chi connectivity index (χ1) is 12.4. The number of nitrogens with zero attached hydrogens (tertiary/aromatic N) is 5. The second-order valence-electron chi connectivity index (χ2n) is 6.25. The minimum atomic E-state index is -3.99. The van der Waals surface area contributed by atoms with Gasteiger partial charge in [-0.3, -0.25) is 9.48 Å². The minimum absolute atomic E-state index is 0.0671. The molecule has 3 aromatic rings. The Morgan fingerprint density at radius 2 is 1.96 bits per heavy atom. The van der Waals surface area contributed by atoms with Crippen LogP contribution in [0.15, 0.2) is 41.8 Å². The van der Waals surface area contributed by atoms with Crippen LogP contribution in [-0.4, -0.2) is 46.8 Å². The first-order valence-corrected chi connectivity index (χ1v) is 9.70. The lowest BCUT2D eigenvalue weighted by molar-refractivity contribution is 0.0983. The summed E-state index contributed by atoms with van der Waals surface area (Å²) in [6, 6.07) is 3.81. The molecule has 1 aliphatic rings. The normalized spacial score (nSPS) is 14.9. The van der Waals surface area contributed by atoms with Crippen molar-refractivity contribution in [3.05, 3.63) is 42.5 Å². The van der Waals surface area contributed by atoms with Gasteiger partial charge < -0.3 is 4.90 Å². The van der Waals surface area contributed by atoms with E-state index in [1.54, 1.807) is 17.8 Å². The van der Waals surface area contributed by atoms with E-state index in [1.165, 1.54) is 23.3 Å². The van der Waals surface area contributed by atoms with Crippen molar-refractivity contribution in [3.8, 4) is 0 Å². The third-order valence-electron chi connectivity index (χ3n) is 4.44. The summed E-state index contributed by atoms with van der Waals surface area (Å²) in [6.45, 7) is 1.95. The first-order valence-electron chi connectivity index (χ1n) is 8.22. The van der Waals surface area contributed by atoms with Gasteiger partial charge in [-0.25, -0.2) is 17.7 Å². The molecule has 4 heterocycles. The van der Waals surface area contributed by atoms with Crippen LogP contribution in [0.3, 0.4) is 0 Å². The molecule has 1 fully saturated rings. The lowest BCUT2D eigenvalue weighted by Gasteiger charge is -2.17. The number of amides is 1. The molecule has 0 aliphatic carbocycles. The highest BCUT2D eigenvalue weighted by Gasteiger charge is 2.23. The highest BCUT2D eigenvalue weighted by molar-refractivity contribution is 7.90. The Morgan fingerprint density at radius 1 is 1.19 bits per heavy atom. The second kappa shape index (κ2) is 6.13. The van der Waals surface area contributed by atoms with Crippen LogP contribution in [0.2, 0.25) is 0 Å². The number of carbonyl (C=O) groups excluding carboxylic acids is 1. The van der Waals surface area contributed by atoms with Gasteiger partial charge in [-0.2, -0.15) is 10.2 Å². The van der Waals surface area contributed by atoms with Gasteiger partial charge >= 0.3 is 0 Å². The molecule has 0 aromatic carbocycles. The molecule has 0 atom stereocenters. The average molecular weight is 374 g/mol. The van der Waals surface area contributed by atoms with Crippen LogP contribution < -0.4 is 9.62 Å². The molecular weight excluding hydrogens is 356 g/mol.